The molecular weight excluding hydrogens is 646 g/mol. The molecule has 5 rings (SSSR count). The van der Waals surface area contributed by atoms with Gasteiger partial charge in [0.1, 0.15) is 17.7 Å². The van der Waals surface area contributed by atoms with E-state index in [1.54, 1.807) is 47.1 Å². The minimum Gasteiger partial charge on any atom is -0.460 e. The molecule has 0 bridgehead atoms. The number of H-pyrrole nitrogens is 1. The Kier molecular flexibility index (Phi) is 10.7. The first-order chi connectivity index (χ1) is 23.3. The molecule has 4 aliphatic rings. The van der Waals surface area contributed by atoms with Crippen molar-refractivity contribution in [3.05, 3.63) is 18.2 Å². The molecule has 5 N–H and O–H groups in total. The van der Waals surface area contributed by atoms with Gasteiger partial charge in [0.15, 0.2) is 0 Å². The van der Waals surface area contributed by atoms with E-state index in [1.165, 1.54) is 0 Å². The Morgan fingerprint density at radius 1 is 0.961 bits per heavy atom. The van der Waals surface area contributed by atoms with Gasteiger partial charge in [0.2, 0.25) is 0 Å². The first-order valence-electron chi connectivity index (χ1n) is 19.6. The smallest absolute Gasteiger partial charge is 0.408 e. The van der Waals surface area contributed by atoms with Crippen LogP contribution in [0.25, 0.3) is 0 Å². The number of ether oxygens (including phenoxy) is 2. The monoisotopic (exact) mass is 716 g/mol. The fourth-order valence-corrected chi connectivity index (χ4v) is 12.1. The second-order valence-corrected chi connectivity index (χ2v) is 20.2. The fraction of sp³-hybridized carbons (Fsp3) is 0.878. The number of carbonyl (C=O) groups excluding carboxylic acids is 2. The number of hydrogen-bond donors (Lipinski definition) is 5. The molecule has 1 heterocycles. The summed E-state index contributed by atoms with van der Waals surface area (Å²) in [6, 6.07) is -1.01. The van der Waals surface area contributed by atoms with Crippen molar-refractivity contribution in [2.24, 2.45) is 45.3 Å². The number of esters is 1. The molecule has 0 aliphatic heterocycles. The maximum Gasteiger partial charge on any atom is 0.408 e. The minimum atomic E-state index is -1.02. The maximum absolute atomic E-state index is 14.5. The molecule has 0 saturated heterocycles. The molecule has 0 radical (unpaired) electrons. The molecule has 1 amide bonds. The van der Waals surface area contributed by atoms with Gasteiger partial charge in [0.05, 0.1) is 23.6 Å². The van der Waals surface area contributed by atoms with Crippen LogP contribution in [0.4, 0.5) is 4.79 Å². The third kappa shape index (κ3) is 7.62. The minimum absolute atomic E-state index is 0.0633. The number of amides is 1. The number of nitrogens with one attached hydrogen (secondary N) is 2. The topological polar surface area (TPSA) is 154 Å². The summed E-state index contributed by atoms with van der Waals surface area (Å²) < 4.78 is 12.3. The average molecular weight is 716 g/mol. The van der Waals surface area contributed by atoms with Gasteiger partial charge in [-0.05, 0) is 145 Å². The molecule has 51 heavy (non-hydrogen) atoms. The SMILES string of the molecule is CC(C)(O)CCC[C@@](C)(O)[C@H]1CC[C@]2(C)[C@@H]1[C@H](OC(=O)[C@H](Cc1cnc[nH]1)NC(=O)OC(C)(C)C)C[C@@H]1[C@@]3(C)CC[C@H](O)C(C)(C)[C@@H]3CC[C@]12C. The van der Waals surface area contributed by atoms with E-state index < -0.39 is 41.0 Å². The van der Waals surface area contributed by atoms with Gasteiger partial charge in [-0.15, -0.1) is 0 Å². The van der Waals surface area contributed by atoms with Gasteiger partial charge in [-0.25, -0.2) is 14.6 Å². The number of imidazole rings is 1. The molecule has 0 spiro atoms. The van der Waals surface area contributed by atoms with Crippen molar-refractivity contribution in [3.63, 3.8) is 0 Å². The van der Waals surface area contributed by atoms with E-state index >= 15 is 0 Å². The fourth-order valence-electron chi connectivity index (χ4n) is 12.1. The number of rotatable bonds is 10. The zero-order valence-electron chi connectivity index (χ0n) is 33.4. The molecule has 290 valence electrons. The quantitative estimate of drug-likeness (QED) is 0.161. The van der Waals surface area contributed by atoms with Gasteiger partial charge >= 0.3 is 12.1 Å². The first-order valence-corrected chi connectivity index (χ1v) is 19.6. The van der Waals surface area contributed by atoms with Gasteiger partial charge in [0, 0.05) is 24.2 Å². The molecule has 10 heteroatoms. The standard InChI is InChI=1S/C41H69N3O7/c1-35(2,3)51-34(47)44-27(21-25-23-42-24-43-25)33(46)50-28-22-30-38(8)18-15-31(45)37(6,7)29(38)14-20-39(30,9)40(10)19-13-26(32(28)40)41(11,49)17-12-16-36(4,5)48/h23-24,26-32,45,48-49H,12-22H2,1-11H3,(H,42,43)(H,44,47)/t26-,27-,28+,29-,30+,31-,32-,38-,39+,40+,41+/m0/s1. The van der Waals surface area contributed by atoms with E-state index in [-0.39, 0.29) is 51.9 Å². The maximum atomic E-state index is 14.5. The average Bonchev–Trinajstić information content (AvgIpc) is 3.63. The number of nitrogens with zero attached hydrogens (tertiary/aromatic N) is 1. The van der Waals surface area contributed by atoms with Gasteiger partial charge in [-0.2, -0.15) is 0 Å². The van der Waals surface area contributed by atoms with Gasteiger partial charge in [0.25, 0.3) is 0 Å². The Morgan fingerprint density at radius 3 is 2.24 bits per heavy atom. The van der Waals surface area contributed by atoms with Gasteiger partial charge in [-0.3, -0.25) is 0 Å². The Morgan fingerprint density at radius 2 is 1.63 bits per heavy atom. The largest absolute Gasteiger partial charge is 0.460 e. The molecular formula is C41H69N3O7. The molecule has 4 saturated carbocycles. The van der Waals surface area contributed by atoms with E-state index in [9.17, 15) is 24.9 Å². The number of aliphatic hydroxyl groups is 3. The first kappa shape index (κ1) is 40.0. The highest BCUT2D eigenvalue weighted by Crippen LogP contribution is 2.76. The van der Waals surface area contributed by atoms with Crippen LogP contribution in [0, 0.1) is 45.3 Å². The van der Waals surface area contributed by atoms with Crippen molar-refractivity contribution >= 4 is 12.1 Å². The number of fused-ring (bicyclic) bond motifs is 5. The number of alkyl carbamates (subject to hydrolysis) is 1. The second kappa shape index (κ2) is 13.6. The van der Waals surface area contributed by atoms with Crippen LogP contribution < -0.4 is 5.32 Å². The number of aromatic nitrogens is 2. The van der Waals surface area contributed by atoms with Crippen LogP contribution in [0.1, 0.15) is 146 Å². The van der Waals surface area contributed by atoms with Crippen LogP contribution in [0.5, 0.6) is 0 Å². The number of aliphatic hydroxyl groups excluding tert-OH is 1. The predicted octanol–water partition coefficient (Wildman–Crippen LogP) is 7.11. The Bertz CT molecular complexity index is 1400. The number of hydrogen-bond acceptors (Lipinski definition) is 8. The van der Waals surface area contributed by atoms with Crippen LogP contribution in [0.3, 0.4) is 0 Å². The molecule has 10 nitrogen and oxygen atoms in total. The Hall–Kier alpha value is -2.17. The van der Waals surface area contributed by atoms with Crippen molar-refractivity contribution < 1.29 is 34.4 Å². The van der Waals surface area contributed by atoms with Crippen LogP contribution in [0.15, 0.2) is 12.5 Å². The van der Waals surface area contributed by atoms with Crippen LogP contribution in [0.2, 0.25) is 0 Å². The Labute approximate surface area is 306 Å². The predicted molar refractivity (Wildman–Crippen MR) is 196 cm³/mol. The summed E-state index contributed by atoms with van der Waals surface area (Å²) in [5, 5.41) is 36.8. The van der Waals surface area contributed by atoms with Crippen LogP contribution in [-0.2, 0) is 20.7 Å². The molecule has 11 atom stereocenters. The lowest BCUT2D eigenvalue weighted by atomic mass is 9.35. The summed E-state index contributed by atoms with van der Waals surface area (Å²) in [5.74, 6) is -0.169. The normalized spacial score (nSPS) is 38.0. The molecule has 4 aliphatic carbocycles. The zero-order chi connectivity index (χ0) is 38.0. The Balaban J connectivity index is 1.53. The van der Waals surface area contributed by atoms with Crippen molar-refractivity contribution in [1.29, 1.82) is 0 Å². The zero-order valence-corrected chi connectivity index (χ0v) is 33.4. The van der Waals surface area contributed by atoms with Gasteiger partial charge < -0.3 is 35.1 Å². The van der Waals surface area contributed by atoms with E-state index in [0.29, 0.717) is 37.3 Å². The van der Waals surface area contributed by atoms with Gasteiger partial charge in [-0.1, -0.05) is 34.6 Å². The summed E-state index contributed by atoms with van der Waals surface area (Å²) in [5.41, 5.74) is -2.48. The lowest BCUT2D eigenvalue weighted by Crippen LogP contribution is -2.67. The molecule has 1 aromatic heterocycles. The summed E-state index contributed by atoms with van der Waals surface area (Å²) in [6.45, 7) is 22.7. The third-order valence-electron chi connectivity index (χ3n) is 14.8. The summed E-state index contributed by atoms with van der Waals surface area (Å²) in [7, 11) is 0. The molecule has 0 aromatic carbocycles. The molecule has 1 aromatic rings. The van der Waals surface area contributed by atoms with E-state index in [4.69, 9.17) is 9.47 Å². The molecule has 0 unspecified atom stereocenters. The highest BCUT2D eigenvalue weighted by molar-refractivity contribution is 5.82. The number of aromatic amines is 1. The van der Waals surface area contributed by atoms with Crippen molar-refractivity contribution in [1.82, 2.24) is 15.3 Å². The van der Waals surface area contributed by atoms with Crippen LogP contribution in [-0.4, -0.2) is 72.4 Å². The number of carbonyl (C=O) groups is 2. The summed E-state index contributed by atoms with van der Waals surface area (Å²) in [4.78, 5) is 34.7. The summed E-state index contributed by atoms with van der Waals surface area (Å²) in [6.07, 6.45) is 9.80. The van der Waals surface area contributed by atoms with Crippen LogP contribution >= 0.6 is 0 Å². The van der Waals surface area contributed by atoms with E-state index in [2.05, 4.69) is 49.9 Å². The lowest BCUT2D eigenvalue weighted by molar-refractivity contribution is -0.251. The second-order valence-electron chi connectivity index (χ2n) is 20.2. The van der Waals surface area contributed by atoms with E-state index in [1.807, 2.05) is 6.92 Å². The summed E-state index contributed by atoms with van der Waals surface area (Å²) >= 11 is 0. The highest BCUT2D eigenvalue weighted by Gasteiger charge is 2.72. The van der Waals surface area contributed by atoms with Crippen molar-refractivity contribution in [3.8, 4) is 0 Å². The lowest BCUT2D eigenvalue weighted by Gasteiger charge is -2.70. The van der Waals surface area contributed by atoms with Crippen molar-refractivity contribution in [2.45, 2.75) is 182 Å². The third-order valence-corrected chi connectivity index (χ3v) is 14.8. The highest BCUT2D eigenvalue weighted by atomic mass is 16.6. The molecule has 4 fully saturated rings. The van der Waals surface area contributed by atoms with E-state index in [0.717, 1.165) is 38.5 Å². The van der Waals surface area contributed by atoms with Crippen molar-refractivity contribution in [2.75, 3.05) is 0 Å².